The van der Waals surface area contributed by atoms with Gasteiger partial charge in [-0.25, -0.2) is 0 Å². The van der Waals surface area contributed by atoms with Crippen molar-refractivity contribution in [3.63, 3.8) is 0 Å². The quantitative estimate of drug-likeness (QED) is 0.871. The Morgan fingerprint density at radius 2 is 2.26 bits per heavy atom. The number of carbonyl (C=O) groups is 1. The number of carboxylic acid groups (broad SMARTS) is 1. The van der Waals surface area contributed by atoms with E-state index in [1.807, 2.05) is 19.1 Å². The highest BCUT2D eigenvalue weighted by Crippen LogP contribution is 2.39. The Balaban J connectivity index is 2.30. The van der Waals surface area contributed by atoms with Gasteiger partial charge < -0.3 is 14.8 Å². The Morgan fingerprint density at radius 1 is 1.47 bits per heavy atom. The number of benzene rings is 1. The number of rotatable bonds is 2. The molecule has 1 aromatic heterocycles. The summed E-state index contributed by atoms with van der Waals surface area (Å²) in [6.45, 7) is 2.02. The fourth-order valence-corrected chi connectivity index (χ4v) is 3.10. The number of hydrogen-bond acceptors (Lipinski definition) is 2. The summed E-state index contributed by atoms with van der Waals surface area (Å²) in [7, 11) is 1.63. The van der Waals surface area contributed by atoms with Crippen LogP contribution in [0.15, 0.2) is 12.1 Å². The molecule has 0 spiro atoms. The minimum atomic E-state index is -0.734. The molecule has 0 amide bonds. The van der Waals surface area contributed by atoms with E-state index >= 15 is 0 Å². The van der Waals surface area contributed by atoms with E-state index < -0.39 is 11.9 Å². The summed E-state index contributed by atoms with van der Waals surface area (Å²) in [6, 6.07) is 3.92. The summed E-state index contributed by atoms with van der Waals surface area (Å²) < 4.78 is 5.30. The lowest BCUT2D eigenvalue weighted by atomic mass is 9.85. The number of carboxylic acids is 1. The van der Waals surface area contributed by atoms with Crippen LogP contribution in [0.25, 0.3) is 10.9 Å². The van der Waals surface area contributed by atoms with Gasteiger partial charge in [0.2, 0.25) is 0 Å². The van der Waals surface area contributed by atoms with E-state index in [0.717, 1.165) is 46.3 Å². The van der Waals surface area contributed by atoms with Gasteiger partial charge in [0, 0.05) is 16.6 Å². The zero-order chi connectivity index (χ0) is 13.6. The molecule has 4 heteroatoms. The number of aromatic nitrogens is 1. The first-order valence-corrected chi connectivity index (χ1v) is 6.53. The van der Waals surface area contributed by atoms with Gasteiger partial charge in [0.05, 0.1) is 13.0 Å². The third kappa shape index (κ3) is 1.79. The number of hydrogen-bond donors (Lipinski definition) is 2. The molecule has 3 rings (SSSR count). The summed E-state index contributed by atoms with van der Waals surface area (Å²) in [5.74, 6) is -0.354. The van der Waals surface area contributed by atoms with E-state index in [-0.39, 0.29) is 0 Å². The van der Waals surface area contributed by atoms with Gasteiger partial charge >= 0.3 is 5.97 Å². The van der Waals surface area contributed by atoms with Crippen molar-refractivity contribution in [2.45, 2.75) is 32.1 Å². The molecule has 0 saturated carbocycles. The average Bonchev–Trinajstić information content (AvgIpc) is 2.77. The van der Waals surface area contributed by atoms with Crippen LogP contribution in [-0.4, -0.2) is 23.2 Å². The van der Waals surface area contributed by atoms with Crippen LogP contribution in [-0.2, 0) is 11.2 Å². The average molecular weight is 259 g/mol. The lowest BCUT2D eigenvalue weighted by Crippen LogP contribution is -2.17. The highest BCUT2D eigenvalue weighted by molar-refractivity contribution is 5.93. The largest absolute Gasteiger partial charge is 0.497 e. The molecule has 19 heavy (non-hydrogen) atoms. The van der Waals surface area contributed by atoms with Gasteiger partial charge in [0.15, 0.2) is 0 Å². The molecule has 1 aliphatic rings. The standard InChI is InChI=1S/C15H17NO3/c1-8-6-9(19-2)7-11-13-10(15(17)18)4-3-5-12(13)16-14(8)11/h6-7,10,16H,3-5H2,1-2H3,(H,17,18). The number of aromatic amines is 1. The lowest BCUT2D eigenvalue weighted by Gasteiger charge is -2.19. The van der Waals surface area contributed by atoms with Crippen LogP contribution in [0.2, 0.25) is 0 Å². The predicted molar refractivity (Wildman–Crippen MR) is 72.9 cm³/mol. The van der Waals surface area contributed by atoms with Crippen molar-refractivity contribution in [1.29, 1.82) is 0 Å². The first-order valence-electron chi connectivity index (χ1n) is 6.53. The first kappa shape index (κ1) is 12.1. The van der Waals surface area contributed by atoms with Crippen LogP contribution in [0.5, 0.6) is 5.75 Å². The third-order valence-electron chi connectivity index (χ3n) is 4.00. The monoisotopic (exact) mass is 259 g/mol. The molecule has 0 aliphatic heterocycles. The number of H-pyrrole nitrogens is 1. The summed E-state index contributed by atoms with van der Waals surface area (Å²) >= 11 is 0. The van der Waals surface area contributed by atoms with Crippen LogP contribution in [0.3, 0.4) is 0 Å². The van der Waals surface area contributed by atoms with Crippen molar-refractivity contribution < 1.29 is 14.6 Å². The highest BCUT2D eigenvalue weighted by Gasteiger charge is 2.30. The molecule has 0 bridgehead atoms. The maximum Gasteiger partial charge on any atom is 0.311 e. The molecule has 100 valence electrons. The Hall–Kier alpha value is -1.97. The summed E-state index contributed by atoms with van der Waals surface area (Å²) in [5.41, 5.74) is 4.16. The van der Waals surface area contributed by atoms with E-state index in [0.29, 0.717) is 6.42 Å². The second-order valence-corrected chi connectivity index (χ2v) is 5.17. The van der Waals surface area contributed by atoms with E-state index in [1.165, 1.54) is 0 Å². The SMILES string of the molecule is COc1cc(C)c2[nH]c3c(c2c1)C(C(=O)O)CCC3. The number of aliphatic carboxylic acids is 1. The van der Waals surface area contributed by atoms with Crippen LogP contribution in [0, 0.1) is 6.92 Å². The first-order chi connectivity index (χ1) is 9.11. The molecule has 1 unspecified atom stereocenters. The van der Waals surface area contributed by atoms with Crippen molar-refractivity contribution in [3.05, 3.63) is 29.0 Å². The van der Waals surface area contributed by atoms with E-state index in [2.05, 4.69) is 4.98 Å². The maximum absolute atomic E-state index is 11.5. The van der Waals surface area contributed by atoms with Crippen molar-refractivity contribution in [2.75, 3.05) is 7.11 Å². The molecule has 1 aliphatic carbocycles. The maximum atomic E-state index is 11.5. The Morgan fingerprint density at radius 3 is 2.95 bits per heavy atom. The summed E-state index contributed by atoms with van der Waals surface area (Å²) in [6.07, 6.45) is 2.56. The van der Waals surface area contributed by atoms with Gasteiger partial charge in [-0.05, 0) is 49.4 Å². The Kier molecular flexibility index (Phi) is 2.73. The van der Waals surface area contributed by atoms with Crippen LogP contribution in [0.4, 0.5) is 0 Å². The molecule has 2 aromatic rings. The van der Waals surface area contributed by atoms with Gasteiger partial charge in [0.25, 0.3) is 0 Å². The molecular formula is C15H17NO3. The van der Waals surface area contributed by atoms with Gasteiger partial charge in [0.1, 0.15) is 5.75 Å². The van der Waals surface area contributed by atoms with Crippen LogP contribution in [0.1, 0.15) is 35.6 Å². The minimum absolute atomic E-state index is 0.399. The molecule has 1 aromatic carbocycles. The minimum Gasteiger partial charge on any atom is -0.497 e. The van der Waals surface area contributed by atoms with Crippen molar-refractivity contribution in [1.82, 2.24) is 4.98 Å². The molecule has 1 atom stereocenters. The van der Waals surface area contributed by atoms with Gasteiger partial charge in [-0.15, -0.1) is 0 Å². The van der Waals surface area contributed by atoms with Crippen molar-refractivity contribution in [2.24, 2.45) is 0 Å². The topological polar surface area (TPSA) is 62.3 Å². The van der Waals surface area contributed by atoms with E-state index in [1.54, 1.807) is 7.11 Å². The lowest BCUT2D eigenvalue weighted by molar-refractivity contribution is -0.139. The number of methoxy groups -OCH3 is 1. The number of ether oxygens (including phenoxy) is 1. The Bertz CT molecular complexity index is 657. The van der Waals surface area contributed by atoms with Gasteiger partial charge in [-0.3, -0.25) is 4.79 Å². The highest BCUT2D eigenvalue weighted by atomic mass is 16.5. The zero-order valence-electron chi connectivity index (χ0n) is 11.1. The normalized spacial score (nSPS) is 18.3. The van der Waals surface area contributed by atoms with Gasteiger partial charge in [-0.1, -0.05) is 0 Å². The molecular weight excluding hydrogens is 242 g/mol. The van der Waals surface area contributed by atoms with E-state index in [9.17, 15) is 9.90 Å². The molecule has 2 N–H and O–H groups in total. The predicted octanol–water partition coefficient (Wildman–Crippen LogP) is 2.99. The van der Waals surface area contributed by atoms with Gasteiger partial charge in [-0.2, -0.15) is 0 Å². The fourth-order valence-electron chi connectivity index (χ4n) is 3.10. The van der Waals surface area contributed by atoms with Crippen LogP contribution < -0.4 is 4.74 Å². The van der Waals surface area contributed by atoms with Crippen molar-refractivity contribution in [3.8, 4) is 5.75 Å². The smallest absolute Gasteiger partial charge is 0.311 e. The Labute approximate surface area is 111 Å². The summed E-state index contributed by atoms with van der Waals surface area (Å²) in [4.78, 5) is 14.9. The van der Waals surface area contributed by atoms with E-state index in [4.69, 9.17) is 4.74 Å². The van der Waals surface area contributed by atoms with Crippen molar-refractivity contribution >= 4 is 16.9 Å². The molecule has 0 saturated heterocycles. The number of aryl methyl sites for hydroxylation is 2. The molecule has 1 heterocycles. The number of nitrogens with one attached hydrogen (secondary N) is 1. The molecule has 4 nitrogen and oxygen atoms in total. The number of fused-ring (bicyclic) bond motifs is 3. The zero-order valence-corrected chi connectivity index (χ0v) is 11.1. The fraction of sp³-hybridized carbons (Fsp3) is 0.400. The second-order valence-electron chi connectivity index (χ2n) is 5.17. The molecule has 0 radical (unpaired) electrons. The van der Waals surface area contributed by atoms with Crippen LogP contribution >= 0.6 is 0 Å². The summed E-state index contributed by atoms with van der Waals surface area (Å²) in [5, 5.41) is 10.4. The molecule has 0 fully saturated rings. The third-order valence-corrected chi connectivity index (χ3v) is 4.00. The second kappa shape index (κ2) is 4.30.